The molecule has 0 aliphatic rings. The van der Waals surface area contributed by atoms with Gasteiger partial charge in [-0.15, -0.1) is 0 Å². The second kappa shape index (κ2) is 72.6. The number of rotatable bonds is 77. The fourth-order valence-corrected chi connectivity index (χ4v) is 13.0. The van der Waals surface area contributed by atoms with E-state index in [1.807, 2.05) is 0 Å². The summed E-state index contributed by atoms with van der Waals surface area (Å²) in [5.74, 6) is -2.15. The van der Waals surface area contributed by atoms with Crippen molar-refractivity contribution in [1.29, 1.82) is 0 Å². The lowest BCUT2D eigenvalue weighted by Crippen LogP contribution is -2.30. The molecule has 0 bridgehead atoms. The molecule has 0 fully saturated rings. The summed E-state index contributed by atoms with van der Waals surface area (Å²) in [5.41, 5.74) is 0. The average molecular weight is 1430 g/mol. The summed E-state index contributed by atoms with van der Waals surface area (Å²) >= 11 is 0. The zero-order chi connectivity index (χ0) is 71.8. The summed E-state index contributed by atoms with van der Waals surface area (Å²) in [5, 5.41) is 10.6. The van der Waals surface area contributed by atoms with Crippen LogP contribution in [0.25, 0.3) is 0 Å². The highest BCUT2D eigenvalue weighted by molar-refractivity contribution is 7.47. The van der Waals surface area contributed by atoms with Crippen LogP contribution in [0.5, 0.6) is 0 Å². The molecule has 3 N–H and O–H groups in total. The van der Waals surface area contributed by atoms with Gasteiger partial charge in [-0.1, -0.05) is 315 Å². The number of ether oxygens (including phenoxy) is 4. The summed E-state index contributed by atoms with van der Waals surface area (Å²) < 4.78 is 68.6. The van der Waals surface area contributed by atoms with Gasteiger partial charge in [0.25, 0.3) is 0 Å². The Hall–Kier alpha value is -2.72. The van der Waals surface area contributed by atoms with Crippen molar-refractivity contribution in [2.45, 2.75) is 406 Å². The van der Waals surface area contributed by atoms with E-state index in [2.05, 4.69) is 64.2 Å². The van der Waals surface area contributed by atoms with Crippen molar-refractivity contribution < 1.29 is 80.2 Å². The van der Waals surface area contributed by atoms with E-state index in [0.29, 0.717) is 25.7 Å². The lowest BCUT2D eigenvalue weighted by molar-refractivity contribution is -0.161. The summed E-state index contributed by atoms with van der Waals surface area (Å²) in [6.07, 6.45) is 68.3. The molecule has 0 aliphatic heterocycles. The van der Waals surface area contributed by atoms with Crippen LogP contribution in [0.4, 0.5) is 0 Å². The van der Waals surface area contributed by atoms with Gasteiger partial charge in [-0.3, -0.25) is 37.3 Å². The molecular formula is C79H148O17P2. The van der Waals surface area contributed by atoms with Crippen molar-refractivity contribution in [3.8, 4) is 0 Å². The van der Waals surface area contributed by atoms with Gasteiger partial charge in [-0.2, -0.15) is 0 Å². The molecule has 0 radical (unpaired) electrons. The number of esters is 4. The molecule has 5 atom stereocenters. The highest BCUT2D eigenvalue weighted by Crippen LogP contribution is 2.45. The topological polar surface area (TPSA) is 237 Å². The molecule has 0 amide bonds. The van der Waals surface area contributed by atoms with Gasteiger partial charge < -0.3 is 33.8 Å². The molecule has 98 heavy (non-hydrogen) atoms. The molecule has 0 aromatic heterocycles. The van der Waals surface area contributed by atoms with E-state index in [4.69, 9.17) is 37.0 Å². The molecule has 0 rings (SSSR count). The Balaban J connectivity index is 5.32. The van der Waals surface area contributed by atoms with Crippen LogP contribution in [0.2, 0.25) is 0 Å². The van der Waals surface area contributed by atoms with Gasteiger partial charge >= 0.3 is 39.5 Å². The average Bonchev–Trinajstić information content (AvgIpc) is 1.05. The number of hydrogen-bond donors (Lipinski definition) is 3. The summed E-state index contributed by atoms with van der Waals surface area (Å²) in [7, 11) is -9.93. The molecule has 17 nitrogen and oxygen atoms in total. The standard InChI is InChI=1S/C79H148O17P2/c1-5-9-13-17-21-25-29-33-36-40-44-48-52-56-60-64-77(82)90-70-75(96-79(84)66-62-58-54-50-46-42-38-35-31-27-23-19-15-11-7-3)72-94-98(87,88)92-68-73(80)67-91-97(85,86)93-71-74(69-89-76(81)63-59-55-51-47-43-39-32-28-24-20-16-12-8-4)95-78(83)65-61-57-53-49-45-41-37-34-30-26-22-18-14-10-6-2/h22,26,34-35,37-38,73-75,80H,5-21,23-25,27-33,36,39-72H2,1-4H3,(H,85,86)(H,87,88)/b26-22-,37-34-,38-35-/t73-,74-,75-/m1/s1. The van der Waals surface area contributed by atoms with E-state index in [1.54, 1.807) is 0 Å². The van der Waals surface area contributed by atoms with Crippen molar-refractivity contribution >= 4 is 39.5 Å². The van der Waals surface area contributed by atoms with E-state index < -0.39 is 97.5 Å². The minimum atomic E-state index is -4.97. The predicted molar refractivity (Wildman–Crippen MR) is 400 cm³/mol. The van der Waals surface area contributed by atoms with Gasteiger partial charge in [0.15, 0.2) is 12.2 Å². The van der Waals surface area contributed by atoms with Gasteiger partial charge in [-0.05, 0) is 83.5 Å². The minimum absolute atomic E-state index is 0.0861. The third kappa shape index (κ3) is 71.7. The second-order valence-corrected chi connectivity index (χ2v) is 30.3. The summed E-state index contributed by atoms with van der Waals surface area (Å²) in [4.78, 5) is 72.9. The number of phosphoric ester groups is 2. The SMILES string of the molecule is CCCCC/C=C\C/C=C\CCCCCCCC(=O)O[C@H](COC(=O)CCCCCCCCCCCCCCC)COP(=O)(O)OC[C@@H](O)COP(=O)(O)OC[C@@H](COC(=O)CCCCCCCCCCCCCCCCC)OC(=O)CCCCCCC/C=C\CCCCCCCC. The number of carbonyl (C=O) groups excluding carboxylic acids is 4. The first-order valence-electron chi connectivity index (χ1n) is 40.2. The minimum Gasteiger partial charge on any atom is -0.462 e. The van der Waals surface area contributed by atoms with Crippen LogP contribution in [-0.4, -0.2) is 96.7 Å². The van der Waals surface area contributed by atoms with Crippen molar-refractivity contribution in [3.05, 3.63) is 36.5 Å². The molecule has 0 aliphatic carbocycles. The third-order valence-corrected chi connectivity index (χ3v) is 19.5. The number of carbonyl (C=O) groups is 4. The smallest absolute Gasteiger partial charge is 0.462 e. The van der Waals surface area contributed by atoms with Gasteiger partial charge in [0.05, 0.1) is 26.4 Å². The van der Waals surface area contributed by atoms with Crippen LogP contribution in [0.15, 0.2) is 36.5 Å². The van der Waals surface area contributed by atoms with E-state index in [1.165, 1.54) is 186 Å². The number of phosphoric acid groups is 2. The third-order valence-electron chi connectivity index (χ3n) is 17.6. The van der Waals surface area contributed by atoms with Gasteiger partial charge in [0.2, 0.25) is 0 Å². The molecule has 0 aromatic carbocycles. The highest BCUT2D eigenvalue weighted by atomic mass is 31.2. The Morgan fingerprint density at radius 3 is 0.786 bits per heavy atom. The van der Waals surface area contributed by atoms with Gasteiger partial charge in [-0.25, -0.2) is 9.13 Å². The van der Waals surface area contributed by atoms with E-state index in [9.17, 15) is 43.2 Å². The maximum atomic E-state index is 13.1. The Labute approximate surface area is 598 Å². The predicted octanol–water partition coefficient (Wildman–Crippen LogP) is 23.1. The number of allylic oxidation sites excluding steroid dienone is 6. The van der Waals surface area contributed by atoms with Gasteiger partial charge in [0, 0.05) is 25.7 Å². The zero-order valence-corrected chi connectivity index (χ0v) is 64.8. The lowest BCUT2D eigenvalue weighted by Gasteiger charge is -2.21. The van der Waals surface area contributed by atoms with Crippen LogP contribution in [-0.2, 0) is 65.4 Å². The van der Waals surface area contributed by atoms with Crippen molar-refractivity contribution in [2.75, 3.05) is 39.6 Å². The highest BCUT2D eigenvalue weighted by Gasteiger charge is 2.30. The zero-order valence-electron chi connectivity index (χ0n) is 63.0. The van der Waals surface area contributed by atoms with Crippen LogP contribution >= 0.6 is 15.6 Å². The lowest BCUT2D eigenvalue weighted by atomic mass is 10.0. The first-order chi connectivity index (χ1) is 47.7. The molecule has 0 heterocycles. The van der Waals surface area contributed by atoms with Crippen molar-refractivity contribution in [1.82, 2.24) is 0 Å². The van der Waals surface area contributed by atoms with Gasteiger partial charge in [0.1, 0.15) is 19.3 Å². The normalized spacial score (nSPS) is 14.1. The monoisotopic (exact) mass is 1430 g/mol. The van der Waals surface area contributed by atoms with Crippen LogP contribution in [0, 0.1) is 0 Å². The Bertz CT molecular complexity index is 2000. The van der Waals surface area contributed by atoms with Crippen LogP contribution in [0.3, 0.4) is 0 Å². The molecule has 0 spiro atoms. The van der Waals surface area contributed by atoms with E-state index in [-0.39, 0.29) is 25.7 Å². The molecule has 19 heteroatoms. The number of hydrogen-bond acceptors (Lipinski definition) is 15. The molecule has 0 aromatic rings. The molecule has 0 saturated carbocycles. The Kier molecular flexibility index (Phi) is 70.6. The van der Waals surface area contributed by atoms with Crippen LogP contribution < -0.4 is 0 Å². The summed E-state index contributed by atoms with van der Waals surface area (Å²) in [6.45, 7) is 4.92. The Morgan fingerprint density at radius 1 is 0.286 bits per heavy atom. The summed E-state index contributed by atoms with van der Waals surface area (Å²) in [6, 6.07) is 0. The molecule has 0 saturated heterocycles. The fraction of sp³-hybridized carbons (Fsp3) is 0.873. The first-order valence-corrected chi connectivity index (χ1v) is 43.2. The van der Waals surface area contributed by atoms with E-state index in [0.717, 1.165) is 122 Å². The fourth-order valence-electron chi connectivity index (χ4n) is 11.4. The number of unbranched alkanes of at least 4 members (excludes halogenated alkanes) is 45. The molecular weight excluding hydrogens is 1280 g/mol. The maximum Gasteiger partial charge on any atom is 0.472 e. The second-order valence-electron chi connectivity index (χ2n) is 27.4. The largest absolute Gasteiger partial charge is 0.472 e. The van der Waals surface area contributed by atoms with Crippen molar-refractivity contribution in [3.63, 3.8) is 0 Å². The molecule has 576 valence electrons. The Morgan fingerprint density at radius 2 is 0.500 bits per heavy atom. The number of aliphatic hydroxyl groups excluding tert-OH is 1. The number of aliphatic hydroxyl groups is 1. The maximum absolute atomic E-state index is 13.1. The first kappa shape index (κ1) is 95.3. The van der Waals surface area contributed by atoms with E-state index >= 15 is 0 Å². The quantitative estimate of drug-likeness (QED) is 0.0169. The van der Waals surface area contributed by atoms with Crippen molar-refractivity contribution in [2.24, 2.45) is 0 Å². The van der Waals surface area contributed by atoms with Crippen LogP contribution in [0.1, 0.15) is 387 Å². The molecule has 2 unspecified atom stereocenters.